The summed E-state index contributed by atoms with van der Waals surface area (Å²) in [5, 5.41) is 8.86. The van der Waals surface area contributed by atoms with Crippen LogP contribution in [0.2, 0.25) is 0 Å². The molecule has 88 valence electrons. The molecule has 0 spiro atoms. The Kier molecular flexibility index (Phi) is 4.54. The summed E-state index contributed by atoms with van der Waals surface area (Å²) in [5.41, 5.74) is 0. The van der Waals surface area contributed by atoms with Crippen molar-refractivity contribution in [2.75, 3.05) is 26.7 Å². The van der Waals surface area contributed by atoms with Crippen molar-refractivity contribution in [2.45, 2.75) is 38.8 Å². The minimum Gasteiger partial charge on any atom is -0.480 e. The third kappa shape index (κ3) is 3.80. The molecule has 4 heteroatoms. The molecule has 0 aromatic rings. The van der Waals surface area contributed by atoms with Crippen molar-refractivity contribution in [3.05, 3.63) is 0 Å². The van der Waals surface area contributed by atoms with Crippen molar-refractivity contribution in [1.82, 2.24) is 9.80 Å². The van der Waals surface area contributed by atoms with E-state index in [-0.39, 0.29) is 6.54 Å². The molecule has 0 radical (unpaired) electrons. The molecular formula is C11H22N2O2. The van der Waals surface area contributed by atoms with Crippen LogP contribution in [0.4, 0.5) is 0 Å². The number of nitrogens with zero attached hydrogens (tertiary/aromatic N) is 2. The van der Waals surface area contributed by atoms with Crippen molar-refractivity contribution in [2.24, 2.45) is 0 Å². The Morgan fingerprint density at radius 3 is 2.40 bits per heavy atom. The molecule has 15 heavy (non-hydrogen) atoms. The lowest BCUT2D eigenvalue weighted by atomic mass is 10.0. The van der Waals surface area contributed by atoms with Gasteiger partial charge in [0.1, 0.15) is 0 Å². The number of carboxylic acids is 1. The maximum Gasteiger partial charge on any atom is 0.317 e. The Morgan fingerprint density at radius 2 is 2.00 bits per heavy atom. The van der Waals surface area contributed by atoms with Crippen molar-refractivity contribution in [3.63, 3.8) is 0 Å². The molecule has 0 amide bonds. The van der Waals surface area contributed by atoms with Gasteiger partial charge in [0, 0.05) is 12.1 Å². The van der Waals surface area contributed by atoms with Crippen LogP contribution >= 0.6 is 0 Å². The van der Waals surface area contributed by atoms with Crippen LogP contribution in [-0.2, 0) is 4.79 Å². The molecule has 1 heterocycles. The average Bonchev–Trinajstić information content (AvgIpc) is 2.15. The summed E-state index contributed by atoms with van der Waals surface area (Å²) in [6.45, 7) is 6.47. The summed E-state index contributed by atoms with van der Waals surface area (Å²) in [6.07, 6.45) is 2.17. The summed E-state index contributed by atoms with van der Waals surface area (Å²) >= 11 is 0. The van der Waals surface area contributed by atoms with Crippen LogP contribution < -0.4 is 0 Å². The van der Waals surface area contributed by atoms with Crippen LogP contribution in [-0.4, -0.2) is 59.6 Å². The first kappa shape index (κ1) is 12.5. The highest BCUT2D eigenvalue weighted by atomic mass is 16.4. The summed E-state index contributed by atoms with van der Waals surface area (Å²) in [5.74, 6) is -0.720. The molecule has 0 aliphatic carbocycles. The summed E-state index contributed by atoms with van der Waals surface area (Å²) < 4.78 is 0. The number of hydrogen-bond donors (Lipinski definition) is 1. The Morgan fingerprint density at radius 1 is 1.47 bits per heavy atom. The molecule has 0 aromatic heterocycles. The number of likely N-dealkylation sites (tertiary alicyclic amines) is 1. The van der Waals surface area contributed by atoms with Crippen molar-refractivity contribution >= 4 is 5.97 Å². The lowest BCUT2D eigenvalue weighted by Crippen LogP contribution is -2.48. The van der Waals surface area contributed by atoms with Gasteiger partial charge in [0.25, 0.3) is 0 Å². The number of piperidine rings is 1. The molecule has 1 saturated heterocycles. The zero-order chi connectivity index (χ0) is 11.4. The predicted molar refractivity (Wildman–Crippen MR) is 60.0 cm³/mol. The van der Waals surface area contributed by atoms with Crippen molar-refractivity contribution in [3.8, 4) is 0 Å². The second-order valence-electron chi connectivity index (χ2n) is 4.69. The monoisotopic (exact) mass is 214 g/mol. The maximum absolute atomic E-state index is 10.8. The fraction of sp³-hybridized carbons (Fsp3) is 0.909. The van der Waals surface area contributed by atoms with Gasteiger partial charge in [0.05, 0.1) is 6.54 Å². The van der Waals surface area contributed by atoms with E-state index in [2.05, 4.69) is 30.7 Å². The lowest BCUT2D eigenvalue weighted by molar-refractivity contribution is -0.139. The van der Waals surface area contributed by atoms with E-state index in [1.54, 1.807) is 0 Å². The zero-order valence-electron chi connectivity index (χ0n) is 9.94. The molecular weight excluding hydrogens is 192 g/mol. The minimum atomic E-state index is -0.720. The second-order valence-corrected chi connectivity index (χ2v) is 4.69. The fourth-order valence-electron chi connectivity index (χ4n) is 2.22. The first-order valence-corrected chi connectivity index (χ1v) is 5.66. The van der Waals surface area contributed by atoms with Gasteiger partial charge >= 0.3 is 5.97 Å². The van der Waals surface area contributed by atoms with E-state index < -0.39 is 5.97 Å². The van der Waals surface area contributed by atoms with E-state index in [1.807, 2.05) is 0 Å². The van der Waals surface area contributed by atoms with Crippen LogP contribution in [0.15, 0.2) is 0 Å². The van der Waals surface area contributed by atoms with Gasteiger partial charge in [-0.3, -0.25) is 9.69 Å². The van der Waals surface area contributed by atoms with E-state index in [9.17, 15) is 4.79 Å². The number of carbonyl (C=O) groups is 1. The van der Waals surface area contributed by atoms with Crippen LogP contribution in [0.3, 0.4) is 0 Å². The third-order valence-electron chi connectivity index (χ3n) is 3.14. The Hall–Kier alpha value is -0.610. The summed E-state index contributed by atoms with van der Waals surface area (Å²) in [6, 6.07) is 0.756. The van der Waals surface area contributed by atoms with Gasteiger partial charge in [-0.05, 0) is 46.8 Å². The van der Waals surface area contributed by atoms with Gasteiger partial charge in [0.15, 0.2) is 0 Å². The SMILES string of the molecule is CC(C)N(CC(=O)O)C1CCN(C)CC1. The van der Waals surface area contributed by atoms with Crippen LogP contribution in [0.25, 0.3) is 0 Å². The van der Waals surface area contributed by atoms with Gasteiger partial charge in [-0.2, -0.15) is 0 Å². The highest BCUT2D eigenvalue weighted by Crippen LogP contribution is 2.17. The van der Waals surface area contributed by atoms with Crippen molar-refractivity contribution in [1.29, 1.82) is 0 Å². The van der Waals surface area contributed by atoms with Gasteiger partial charge < -0.3 is 10.0 Å². The molecule has 1 rings (SSSR count). The number of rotatable bonds is 4. The van der Waals surface area contributed by atoms with Gasteiger partial charge in [-0.25, -0.2) is 0 Å². The van der Waals surface area contributed by atoms with Crippen LogP contribution in [0.1, 0.15) is 26.7 Å². The third-order valence-corrected chi connectivity index (χ3v) is 3.14. The topological polar surface area (TPSA) is 43.8 Å². The van der Waals surface area contributed by atoms with Gasteiger partial charge in [-0.1, -0.05) is 0 Å². The Bertz CT molecular complexity index is 211. The van der Waals surface area contributed by atoms with E-state index in [1.165, 1.54) is 0 Å². The molecule has 0 aromatic carbocycles. The minimum absolute atomic E-state index is 0.173. The summed E-state index contributed by atoms with van der Waals surface area (Å²) in [7, 11) is 2.12. The number of hydrogen-bond acceptors (Lipinski definition) is 3. The van der Waals surface area contributed by atoms with E-state index in [0.717, 1.165) is 25.9 Å². The predicted octanol–water partition coefficient (Wildman–Crippen LogP) is 0.876. The van der Waals surface area contributed by atoms with Crippen LogP contribution in [0, 0.1) is 0 Å². The Balaban J connectivity index is 2.52. The van der Waals surface area contributed by atoms with E-state index in [4.69, 9.17) is 5.11 Å². The number of aliphatic carboxylic acids is 1. The summed E-state index contributed by atoms with van der Waals surface area (Å²) in [4.78, 5) is 15.2. The molecule has 0 saturated carbocycles. The molecule has 1 aliphatic heterocycles. The normalized spacial score (nSPS) is 20.1. The molecule has 1 N–H and O–H groups in total. The molecule has 1 aliphatic rings. The standard InChI is InChI=1S/C11H22N2O2/c1-9(2)13(8-11(14)15)10-4-6-12(3)7-5-10/h9-10H,4-8H2,1-3H3,(H,14,15). The highest BCUT2D eigenvalue weighted by Gasteiger charge is 2.26. The molecule has 0 unspecified atom stereocenters. The number of carboxylic acid groups (broad SMARTS) is 1. The van der Waals surface area contributed by atoms with Gasteiger partial charge in [-0.15, -0.1) is 0 Å². The van der Waals surface area contributed by atoms with Crippen LogP contribution in [0.5, 0.6) is 0 Å². The average molecular weight is 214 g/mol. The fourth-order valence-corrected chi connectivity index (χ4v) is 2.22. The molecule has 1 fully saturated rings. The smallest absolute Gasteiger partial charge is 0.317 e. The largest absolute Gasteiger partial charge is 0.480 e. The van der Waals surface area contributed by atoms with Gasteiger partial charge in [0.2, 0.25) is 0 Å². The van der Waals surface area contributed by atoms with E-state index >= 15 is 0 Å². The molecule has 4 nitrogen and oxygen atoms in total. The second kappa shape index (κ2) is 5.47. The highest BCUT2D eigenvalue weighted by molar-refractivity contribution is 5.69. The first-order valence-electron chi connectivity index (χ1n) is 5.66. The van der Waals surface area contributed by atoms with Crippen molar-refractivity contribution < 1.29 is 9.90 Å². The Labute approximate surface area is 91.9 Å². The molecule has 0 atom stereocenters. The first-order chi connectivity index (χ1) is 7.00. The zero-order valence-corrected chi connectivity index (χ0v) is 9.94. The maximum atomic E-state index is 10.8. The van der Waals surface area contributed by atoms with E-state index in [0.29, 0.717) is 12.1 Å². The quantitative estimate of drug-likeness (QED) is 0.754. The lowest BCUT2D eigenvalue weighted by Gasteiger charge is -2.38. The molecule has 0 bridgehead atoms.